The zero-order chi connectivity index (χ0) is 25.8. The maximum atomic E-state index is 11.6. The molecule has 0 spiro atoms. The van der Waals surface area contributed by atoms with Crippen molar-refractivity contribution >= 4 is 24.4 Å². The van der Waals surface area contributed by atoms with Crippen molar-refractivity contribution in [2.75, 3.05) is 6.61 Å². The summed E-state index contributed by atoms with van der Waals surface area (Å²) in [5.41, 5.74) is -0.707. The van der Waals surface area contributed by atoms with Gasteiger partial charge < -0.3 is 29.0 Å². The van der Waals surface area contributed by atoms with Crippen LogP contribution in [0.2, 0.25) is 5.04 Å². The molecular formula is C28H37NO6Si. The maximum absolute atomic E-state index is 11.6. The normalized spacial score (nSPS) is 31.7. The lowest BCUT2D eigenvalue weighted by atomic mass is 9.74. The van der Waals surface area contributed by atoms with Gasteiger partial charge >= 0.3 is 0 Å². The van der Waals surface area contributed by atoms with E-state index in [2.05, 4.69) is 74.5 Å². The van der Waals surface area contributed by atoms with Gasteiger partial charge in [0.05, 0.1) is 18.4 Å². The zero-order valence-electron chi connectivity index (χ0n) is 21.7. The van der Waals surface area contributed by atoms with Gasteiger partial charge in [0, 0.05) is 12.8 Å². The average molecular weight is 512 g/mol. The molecule has 3 aliphatic rings. The van der Waals surface area contributed by atoms with Gasteiger partial charge in [-0.25, -0.2) is 0 Å². The molecule has 0 bridgehead atoms. The van der Waals surface area contributed by atoms with E-state index in [9.17, 15) is 10.2 Å². The van der Waals surface area contributed by atoms with E-state index in [0.717, 1.165) is 0 Å². The van der Waals surface area contributed by atoms with Gasteiger partial charge in [0.1, 0.15) is 17.8 Å². The van der Waals surface area contributed by atoms with Crippen molar-refractivity contribution in [1.82, 2.24) is 0 Å². The van der Waals surface area contributed by atoms with Crippen molar-refractivity contribution in [1.29, 1.82) is 0 Å². The number of ether oxygens (including phenoxy) is 2. The van der Waals surface area contributed by atoms with Crippen LogP contribution in [0.3, 0.4) is 0 Å². The zero-order valence-corrected chi connectivity index (χ0v) is 22.7. The summed E-state index contributed by atoms with van der Waals surface area (Å²) >= 11 is 0. The number of oxime groups is 1. The standard InChI is InChI=1S/C28H37NO6Si/c1-26(2,3)36(20-12-8-6-9-13-20,21-14-10-7-11-15-21)32-18-19-16-28(31)17-22-24(34-27(4,5)33-22)23(30)25(28)35-29-19/h6-15,22-25,30-31H,16-18H2,1-5H3/t22-,23-,24-,25+,28+/m1/s1. The number of nitrogens with zero attached hydrogens (tertiary/aromatic N) is 1. The second-order valence-electron chi connectivity index (χ2n) is 11.7. The van der Waals surface area contributed by atoms with Crippen LogP contribution in [-0.4, -0.2) is 66.7 Å². The van der Waals surface area contributed by atoms with E-state index in [0.29, 0.717) is 12.1 Å². The lowest BCUT2D eigenvalue weighted by Crippen LogP contribution is -2.67. The fourth-order valence-corrected chi connectivity index (χ4v) is 10.7. The van der Waals surface area contributed by atoms with Gasteiger partial charge in [0.15, 0.2) is 11.9 Å². The van der Waals surface area contributed by atoms with Gasteiger partial charge in [-0.3, -0.25) is 0 Å². The highest BCUT2D eigenvalue weighted by Gasteiger charge is 2.61. The van der Waals surface area contributed by atoms with Crippen LogP contribution in [0.5, 0.6) is 0 Å². The molecule has 5 atom stereocenters. The Labute approximate surface area is 214 Å². The first-order valence-corrected chi connectivity index (χ1v) is 14.6. The molecule has 2 aliphatic heterocycles. The quantitative estimate of drug-likeness (QED) is 0.600. The fourth-order valence-electron chi connectivity index (χ4n) is 6.15. The summed E-state index contributed by atoms with van der Waals surface area (Å²) < 4.78 is 18.8. The Morgan fingerprint density at radius 2 is 1.58 bits per heavy atom. The first kappa shape index (κ1) is 25.6. The van der Waals surface area contributed by atoms with Crippen LogP contribution >= 0.6 is 0 Å². The summed E-state index contributed by atoms with van der Waals surface area (Å²) in [5.74, 6) is -0.823. The van der Waals surface area contributed by atoms with Gasteiger partial charge in [-0.15, -0.1) is 0 Å². The third kappa shape index (κ3) is 4.34. The SMILES string of the molecule is CC1(C)O[C@H]2[C@@H](O)[C@@H]3ON=C(CO[Si](c4ccccc4)(c4ccccc4)C(C)(C)C)C[C@]3(O)C[C@H]2O1. The number of benzene rings is 2. The molecule has 2 heterocycles. The number of hydrogen-bond acceptors (Lipinski definition) is 7. The van der Waals surface area contributed by atoms with Crippen molar-refractivity contribution in [3.8, 4) is 0 Å². The second kappa shape index (κ2) is 9.04. The minimum absolute atomic E-state index is 0.180. The molecule has 2 N–H and O–H groups in total. The van der Waals surface area contributed by atoms with Crippen molar-refractivity contribution in [3.63, 3.8) is 0 Å². The summed E-state index contributed by atoms with van der Waals surface area (Å²) in [6, 6.07) is 20.8. The van der Waals surface area contributed by atoms with Gasteiger partial charge in [-0.2, -0.15) is 0 Å². The topological polar surface area (TPSA) is 89.7 Å². The van der Waals surface area contributed by atoms with E-state index in [1.54, 1.807) is 0 Å². The molecule has 1 saturated carbocycles. The van der Waals surface area contributed by atoms with Crippen LogP contribution in [-0.2, 0) is 18.7 Å². The Hall–Kier alpha value is -2.07. The third-order valence-electron chi connectivity index (χ3n) is 7.63. The molecule has 0 radical (unpaired) electrons. The van der Waals surface area contributed by atoms with Crippen LogP contribution in [0.1, 0.15) is 47.5 Å². The first-order valence-electron chi connectivity index (χ1n) is 12.7. The minimum atomic E-state index is -2.77. The van der Waals surface area contributed by atoms with Crippen molar-refractivity contribution in [2.24, 2.45) is 5.16 Å². The highest BCUT2D eigenvalue weighted by molar-refractivity contribution is 6.99. The Morgan fingerprint density at radius 1 is 1.00 bits per heavy atom. The number of aliphatic hydroxyl groups is 2. The van der Waals surface area contributed by atoms with E-state index in [1.807, 2.05) is 26.0 Å². The monoisotopic (exact) mass is 511 g/mol. The van der Waals surface area contributed by atoms with E-state index >= 15 is 0 Å². The molecule has 2 aromatic rings. The van der Waals surface area contributed by atoms with E-state index in [-0.39, 0.29) is 18.1 Å². The summed E-state index contributed by atoms with van der Waals surface area (Å²) in [6.07, 6.45) is -2.38. The van der Waals surface area contributed by atoms with Crippen molar-refractivity contribution < 1.29 is 29.0 Å². The second-order valence-corrected chi connectivity index (χ2v) is 16.1. The van der Waals surface area contributed by atoms with Gasteiger partial charge in [0.2, 0.25) is 0 Å². The molecule has 5 rings (SSSR count). The molecule has 194 valence electrons. The predicted molar refractivity (Wildman–Crippen MR) is 140 cm³/mol. The van der Waals surface area contributed by atoms with E-state index in [4.69, 9.17) is 18.7 Å². The Morgan fingerprint density at radius 3 is 2.14 bits per heavy atom. The maximum Gasteiger partial charge on any atom is 0.261 e. The van der Waals surface area contributed by atoms with Crippen LogP contribution in [0.4, 0.5) is 0 Å². The Balaban J connectivity index is 1.43. The summed E-state index contributed by atoms with van der Waals surface area (Å²) in [5, 5.41) is 29.1. The lowest BCUT2D eigenvalue weighted by molar-refractivity contribution is -0.219. The number of aliphatic hydroxyl groups excluding tert-OH is 1. The molecule has 2 fully saturated rings. The smallest absolute Gasteiger partial charge is 0.261 e. The van der Waals surface area contributed by atoms with Crippen LogP contribution < -0.4 is 10.4 Å². The molecule has 2 aromatic carbocycles. The number of fused-ring (bicyclic) bond motifs is 2. The largest absolute Gasteiger partial charge is 0.402 e. The summed E-state index contributed by atoms with van der Waals surface area (Å²) in [4.78, 5) is 5.74. The Kier molecular flexibility index (Phi) is 6.42. The molecule has 1 saturated heterocycles. The van der Waals surface area contributed by atoms with Crippen LogP contribution in [0.25, 0.3) is 0 Å². The van der Waals surface area contributed by atoms with Gasteiger partial charge in [0.25, 0.3) is 8.32 Å². The minimum Gasteiger partial charge on any atom is -0.402 e. The molecule has 1 aliphatic carbocycles. The molecule has 0 amide bonds. The summed E-state index contributed by atoms with van der Waals surface area (Å²) in [7, 11) is -2.77. The van der Waals surface area contributed by atoms with E-state index in [1.165, 1.54) is 10.4 Å². The highest BCUT2D eigenvalue weighted by atomic mass is 28.4. The highest BCUT2D eigenvalue weighted by Crippen LogP contribution is 2.45. The third-order valence-corrected chi connectivity index (χ3v) is 12.6. The summed E-state index contributed by atoms with van der Waals surface area (Å²) in [6.45, 7) is 10.5. The first-order chi connectivity index (χ1) is 17.0. The number of hydrogen-bond donors (Lipinski definition) is 2. The molecule has 0 aromatic heterocycles. The molecule has 0 unspecified atom stereocenters. The van der Waals surface area contributed by atoms with Crippen molar-refractivity contribution in [3.05, 3.63) is 60.7 Å². The lowest BCUT2D eigenvalue weighted by Gasteiger charge is -2.47. The molecule has 7 nitrogen and oxygen atoms in total. The molecule has 36 heavy (non-hydrogen) atoms. The molecular weight excluding hydrogens is 474 g/mol. The predicted octanol–water partition coefficient (Wildman–Crippen LogP) is 2.72. The fraction of sp³-hybridized carbons (Fsp3) is 0.536. The van der Waals surface area contributed by atoms with Gasteiger partial charge in [-0.1, -0.05) is 86.6 Å². The number of rotatable bonds is 5. The van der Waals surface area contributed by atoms with Crippen molar-refractivity contribution in [2.45, 2.75) is 88.3 Å². The Bertz CT molecular complexity index is 1060. The van der Waals surface area contributed by atoms with E-state index < -0.39 is 44.1 Å². The van der Waals surface area contributed by atoms with Crippen LogP contribution in [0, 0.1) is 0 Å². The van der Waals surface area contributed by atoms with Gasteiger partial charge in [-0.05, 0) is 29.3 Å². The molecule has 8 heteroatoms. The van der Waals surface area contributed by atoms with Crippen LogP contribution in [0.15, 0.2) is 65.8 Å². The average Bonchev–Trinajstić information content (AvgIpc) is 3.13.